The summed E-state index contributed by atoms with van der Waals surface area (Å²) < 4.78 is 22.6. The minimum absolute atomic E-state index is 0.0363. The lowest BCUT2D eigenvalue weighted by Gasteiger charge is -2.45. The maximum absolute atomic E-state index is 13.0. The Balaban J connectivity index is 1.38. The lowest BCUT2D eigenvalue weighted by Crippen LogP contribution is -2.52. The number of methoxy groups -OCH3 is 1. The molecule has 2 aromatic rings. The van der Waals surface area contributed by atoms with Crippen molar-refractivity contribution in [2.75, 3.05) is 26.8 Å². The number of piperidine rings is 1. The van der Waals surface area contributed by atoms with E-state index in [4.69, 9.17) is 18.7 Å². The second-order valence-corrected chi connectivity index (χ2v) is 7.60. The molecule has 2 aromatic heterocycles. The molecule has 0 aromatic carbocycles. The summed E-state index contributed by atoms with van der Waals surface area (Å²) in [6.45, 7) is 3.94. The van der Waals surface area contributed by atoms with E-state index in [0.29, 0.717) is 49.2 Å². The van der Waals surface area contributed by atoms with E-state index in [9.17, 15) is 4.79 Å². The third-order valence-corrected chi connectivity index (χ3v) is 5.71. The van der Waals surface area contributed by atoms with Crippen LogP contribution in [0.2, 0.25) is 0 Å². The number of ether oxygens (including phenoxy) is 3. The predicted molar refractivity (Wildman–Crippen MR) is 101 cm³/mol. The van der Waals surface area contributed by atoms with Crippen LogP contribution in [-0.4, -0.2) is 64.4 Å². The van der Waals surface area contributed by atoms with Crippen LogP contribution < -0.4 is 4.74 Å². The normalized spacial score (nSPS) is 21.3. The molecule has 156 valence electrons. The standard InChI is InChI=1S/C20H26N4O5/c1-14-16(13-26-2)18(23-29-14)19(25)24-8-4-20(5-9-24)11-15(3-10-27-20)28-17-12-21-6-7-22-17/h6-7,12,15H,3-5,8-11,13H2,1-2H3. The van der Waals surface area contributed by atoms with Crippen molar-refractivity contribution < 1.29 is 23.5 Å². The van der Waals surface area contributed by atoms with E-state index >= 15 is 0 Å². The van der Waals surface area contributed by atoms with Crippen molar-refractivity contribution in [3.05, 3.63) is 35.6 Å². The number of nitrogens with zero attached hydrogens (tertiary/aromatic N) is 4. The highest BCUT2D eigenvalue weighted by Crippen LogP contribution is 2.36. The highest BCUT2D eigenvalue weighted by molar-refractivity contribution is 5.93. The molecule has 0 bridgehead atoms. The van der Waals surface area contributed by atoms with Gasteiger partial charge >= 0.3 is 0 Å². The minimum Gasteiger partial charge on any atom is -0.473 e. The summed E-state index contributed by atoms with van der Waals surface area (Å²) in [7, 11) is 1.59. The molecule has 0 N–H and O–H groups in total. The van der Waals surface area contributed by atoms with E-state index in [1.165, 1.54) is 0 Å². The zero-order valence-corrected chi connectivity index (χ0v) is 16.8. The molecule has 4 rings (SSSR count). The van der Waals surface area contributed by atoms with Gasteiger partial charge in [-0.3, -0.25) is 9.78 Å². The van der Waals surface area contributed by atoms with E-state index in [2.05, 4.69) is 15.1 Å². The molecule has 9 heteroatoms. The van der Waals surface area contributed by atoms with Gasteiger partial charge < -0.3 is 23.6 Å². The average molecular weight is 402 g/mol. The summed E-state index contributed by atoms with van der Waals surface area (Å²) in [5, 5.41) is 3.96. The molecule has 4 heterocycles. The summed E-state index contributed by atoms with van der Waals surface area (Å²) >= 11 is 0. The Bertz CT molecular complexity index is 833. The van der Waals surface area contributed by atoms with Crippen molar-refractivity contribution in [2.45, 2.75) is 50.9 Å². The third kappa shape index (κ3) is 4.25. The monoisotopic (exact) mass is 402 g/mol. The maximum Gasteiger partial charge on any atom is 0.276 e. The largest absolute Gasteiger partial charge is 0.473 e. The maximum atomic E-state index is 13.0. The summed E-state index contributed by atoms with van der Waals surface area (Å²) in [6.07, 6.45) is 8.03. The molecule has 2 aliphatic heterocycles. The Hall–Kier alpha value is -2.52. The zero-order chi connectivity index (χ0) is 20.3. The van der Waals surface area contributed by atoms with Crippen molar-refractivity contribution in [3.63, 3.8) is 0 Å². The van der Waals surface area contributed by atoms with Crippen molar-refractivity contribution in [2.24, 2.45) is 0 Å². The fraction of sp³-hybridized carbons (Fsp3) is 0.600. The number of carbonyl (C=O) groups is 1. The van der Waals surface area contributed by atoms with Crippen LogP contribution in [0, 0.1) is 6.92 Å². The number of rotatable bonds is 5. The first-order chi connectivity index (χ1) is 14.1. The fourth-order valence-electron chi connectivity index (χ4n) is 4.09. The fourth-order valence-corrected chi connectivity index (χ4v) is 4.09. The van der Waals surface area contributed by atoms with Gasteiger partial charge in [0, 0.05) is 45.4 Å². The predicted octanol–water partition coefficient (Wildman–Crippen LogP) is 2.15. The molecule has 0 radical (unpaired) electrons. The Kier molecular flexibility index (Phi) is 5.77. The number of hydrogen-bond donors (Lipinski definition) is 0. The first kappa shape index (κ1) is 19.8. The van der Waals surface area contributed by atoms with Gasteiger partial charge in [0.1, 0.15) is 11.9 Å². The van der Waals surface area contributed by atoms with E-state index in [-0.39, 0.29) is 17.6 Å². The van der Waals surface area contributed by atoms with Gasteiger partial charge in [-0.1, -0.05) is 5.16 Å². The molecule has 2 saturated heterocycles. The lowest BCUT2D eigenvalue weighted by atomic mass is 9.83. The van der Waals surface area contributed by atoms with Gasteiger partial charge in [0.05, 0.1) is 30.6 Å². The zero-order valence-electron chi connectivity index (χ0n) is 16.8. The van der Waals surface area contributed by atoms with Crippen molar-refractivity contribution in [1.82, 2.24) is 20.0 Å². The number of amides is 1. The van der Waals surface area contributed by atoms with Gasteiger partial charge in [0.25, 0.3) is 5.91 Å². The van der Waals surface area contributed by atoms with Crippen LogP contribution in [0.3, 0.4) is 0 Å². The van der Waals surface area contributed by atoms with E-state index in [1.807, 2.05) is 4.90 Å². The Morgan fingerprint density at radius 3 is 2.90 bits per heavy atom. The number of carbonyl (C=O) groups excluding carboxylic acids is 1. The van der Waals surface area contributed by atoms with E-state index < -0.39 is 0 Å². The van der Waals surface area contributed by atoms with Gasteiger partial charge in [-0.25, -0.2) is 4.98 Å². The number of likely N-dealkylation sites (tertiary alicyclic amines) is 1. The van der Waals surface area contributed by atoms with Gasteiger partial charge in [0.15, 0.2) is 5.69 Å². The quantitative estimate of drug-likeness (QED) is 0.750. The van der Waals surface area contributed by atoms with Gasteiger partial charge in [0.2, 0.25) is 5.88 Å². The molecule has 9 nitrogen and oxygen atoms in total. The molecule has 29 heavy (non-hydrogen) atoms. The van der Waals surface area contributed by atoms with Crippen molar-refractivity contribution >= 4 is 5.91 Å². The molecule has 2 aliphatic rings. The summed E-state index contributed by atoms with van der Waals surface area (Å²) in [5.41, 5.74) is 0.787. The van der Waals surface area contributed by atoms with Crippen LogP contribution in [-0.2, 0) is 16.1 Å². The topological polar surface area (TPSA) is 99.8 Å². The second-order valence-electron chi connectivity index (χ2n) is 7.60. The Morgan fingerprint density at radius 2 is 2.17 bits per heavy atom. The first-order valence-corrected chi connectivity index (χ1v) is 9.90. The molecule has 0 aliphatic carbocycles. The summed E-state index contributed by atoms with van der Waals surface area (Å²) in [6, 6.07) is 0. The molecule has 2 fully saturated rings. The van der Waals surface area contributed by atoms with E-state index in [1.54, 1.807) is 32.6 Å². The molecule has 1 amide bonds. The second kappa shape index (κ2) is 8.46. The van der Waals surface area contributed by atoms with Gasteiger partial charge in [-0.15, -0.1) is 0 Å². The van der Waals surface area contributed by atoms with Crippen LogP contribution in [0.15, 0.2) is 23.1 Å². The smallest absolute Gasteiger partial charge is 0.276 e. The van der Waals surface area contributed by atoms with Crippen LogP contribution in [0.5, 0.6) is 5.88 Å². The van der Waals surface area contributed by atoms with Gasteiger partial charge in [-0.05, 0) is 19.8 Å². The van der Waals surface area contributed by atoms with E-state index in [0.717, 1.165) is 25.7 Å². The van der Waals surface area contributed by atoms with Crippen molar-refractivity contribution in [3.8, 4) is 5.88 Å². The lowest BCUT2D eigenvalue weighted by molar-refractivity contribution is -0.135. The summed E-state index contributed by atoms with van der Waals surface area (Å²) in [4.78, 5) is 23.0. The van der Waals surface area contributed by atoms with Crippen molar-refractivity contribution in [1.29, 1.82) is 0 Å². The third-order valence-electron chi connectivity index (χ3n) is 5.71. The molecular weight excluding hydrogens is 376 g/mol. The SMILES string of the molecule is COCc1c(C(=O)N2CCC3(CC2)CC(Oc2cnccn2)CCO3)noc1C. The Morgan fingerprint density at radius 1 is 1.34 bits per heavy atom. The summed E-state index contributed by atoms with van der Waals surface area (Å²) in [5.74, 6) is 1.03. The molecule has 1 atom stereocenters. The number of aromatic nitrogens is 3. The molecule has 1 spiro atoms. The molecule has 1 unspecified atom stereocenters. The average Bonchev–Trinajstić information content (AvgIpc) is 3.10. The number of aryl methyl sites for hydroxylation is 1. The highest BCUT2D eigenvalue weighted by atomic mass is 16.5. The van der Waals surface area contributed by atoms with Crippen LogP contribution in [0.25, 0.3) is 0 Å². The number of hydrogen-bond acceptors (Lipinski definition) is 8. The first-order valence-electron chi connectivity index (χ1n) is 9.90. The highest BCUT2D eigenvalue weighted by Gasteiger charge is 2.42. The van der Waals surface area contributed by atoms with Crippen LogP contribution in [0.4, 0.5) is 0 Å². The van der Waals surface area contributed by atoms with Gasteiger partial charge in [-0.2, -0.15) is 0 Å². The molecular formula is C20H26N4O5. The van der Waals surface area contributed by atoms with Crippen LogP contribution in [0.1, 0.15) is 47.5 Å². The molecule has 0 saturated carbocycles. The Labute approximate surface area is 169 Å². The van der Waals surface area contributed by atoms with Crippen LogP contribution >= 0.6 is 0 Å². The minimum atomic E-state index is -0.267.